The Labute approximate surface area is 181 Å². The molecular formula is C20H27Cl2FN2O4. The average molecular weight is 449 g/mol. The van der Waals surface area contributed by atoms with Crippen molar-refractivity contribution in [2.75, 3.05) is 20.2 Å². The number of hydrogen-bond donors (Lipinski definition) is 3. The molecule has 1 aliphatic heterocycles. The maximum Gasteiger partial charge on any atom is 0.303 e. The van der Waals surface area contributed by atoms with Crippen LogP contribution in [0, 0.1) is 17.7 Å². The molecule has 2 aromatic rings. The summed E-state index contributed by atoms with van der Waals surface area (Å²) in [5.41, 5.74) is 0.819. The zero-order valence-corrected chi connectivity index (χ0v) is 17.8. The summed E-state index contributed by atoms with van der Waals surface area (Å²) >= 11 is 0. The van der Waals surface area contributed by atoms with E-state index in [1.165, 1.54) is 7.11 Å². The summed E-state index contributed by atoms with van der Waals surface area (Å²) in [6, 6.07) is 5.16. The van der Waals surface area contributed by atoms with Crippen LogP contribution in [-0.2, 0) is 4.79 Å². The number of carboxylic acid groups (broad SMARTS) is 1. The van der Waals surface area contributed by atoms with Gasteiger partial charge in [0.05, 0.1) is 24.9 Å². The number of rotatable bonds is 7. The summed E-state index contributed by atoms with van der Waals surface area (Å²) in [5.74, 6) is -0.559. The monoisotopic (exact) mass is 448 g/mol. The lowest BCUT2D eigenvalue weighted by molar-refractivity contribution is -0.138. The summed E-state index contributed by atoms with van der Waals surface area (Å²) in [4.78, 5) is 15.2. The summed E-state index contributed by atoms with van der Waals surface area (Å²) in [6.45, 7) is 1.50. The van der Waals surface area contributed by atoms with Crippen molar-refractivity contribution in [3.8, 4) is 5.75 Å². The fraction of sp³-hybridized carbons (Fsp3) is 0.500. The first-order valence-corrected chi connectivity index (χ1v) is 9.22. The van der Waals surface area contributed by atoms with E-state index in [1.807, 2.05) is 0 Å². The Hall–Kier alpha value is -1.67. The van der Waals surface area contributed by atoms with Gasteiger partial charge in [0.15, 0.2) is 0 Å². The smallest absolute Gasteiger partial charge is 0.303 e. The van der Waals surface area contributed by atoms with E-state index in [0.717, 1.165) is 19.2 Å². The second-order valence-electron chi connectivity index (χ2n) is 7.11. The van der Waals surface area contributed by atoms with Crippen LogP contribution in [0.25, 0.3) is 10.9 Å². The van der Waals surface area contributed by atoms with Gasteiger partial charge in [-0.15, -0.1) is 24.8 Å². The van der Waals surface area contributed by atoms with E-state index in [4.69, 9.17) is 9.84 Å². The molecule has 1 aromatic carbocycles. The lowest BCUT2D eigenvalue weighted by Gasteiger charge is -2.32. The fourth-order valence-electron chi connectivity index (χ4n) is 3.97. The molecule has 0 radical (unpaired) electrons. The number of aliphatic carboxylic acids is 1. The van der Waals surface area contributed by atoms with E-state index < -0.39 is 17.9 Å². The third-order valence-electron chi connectivity index (χ3n) is 5.41. The van der Waals surface area contributed by atoms with Crippen molar-refractivity contribution in [2.24, 2.45) is 11.8 Å². The molecule has 1 aromatic heterocycles. The third kappa shape index (κ3) is 6.15. The quantitative estimate of drug-likeness (QED) is 0.597. The third-order valence-corrected chi connectivity index (χ3v) is 5.41. The van der Waals surface area contributed by atoms with Crippen LogP contribution in [0.2, 0.25) is 0 Å². The summed E-state index contributed by atoms with van der Waals surface area (Å²) in [5, 5.41) is 23.6. The minimum atomic E-state index is -0.983. The lowest BCUT2D eigenvalue weighted by Crippen LogP contribution is -2.37. The highest BCUT2D eigenvalue weighted by Crippen LogP contribution is 2.34. The molecule has 29 heavy (non-hydrogen) atoms. The molecule has 1 aliphatic rings. The van der Waals surface area contributed by atoms with Gasteiger partial charge in [0, 0.05) is 17.4 Å². The summed E-state index contributed by atoms with van der Waals surface area (Å²) in [7, 11) is 1.53. The van der Waals surface area contributed by atoms with Gasteiger partial charge in [-0.25, -0.2) is 4.39 Å². The van der Waals surface area contributed by atoms with Crippen LogP contribution in [0.5, 0.6) is 5.75 Å². The Morgan fingerprint density at radius 2 is 2.14 bits per heavy atom. The number of hydrogen-bond acceptors (Lipinski definition) is 5. The number of ether oxygens (including phenoxy) is 1. The second-order valence-corrected chi connectivity index (χ2v) is 7.11. The number of benzene rings is 1. The highest BCUT2D eigenvalue weighted by Gasteiger charge is 2.28. The number of fused-ring (bicyclic) bond motifs is 1. The van der Waals surface area contributed by atoms with E-state index in [2.05, 4.69) is 10.3 Å². The summed E-state index contributed by atoms with van der Waals surface area (Å²) in [6.07, 6.45) is 2.13. The molecule has 162 valence electrons. The molecule has 0 bridgehead atoms. The van der Waals surface area contributed by atoms with Crippen LogP contribution in [0.1, 0.15) is 37.4 Å². The first-order chi connectivity index (χ1) is 13.0. The zero-order chi connectivity index (χ0) is 19.4. The minimum Gasteiger partial charge on any atom is -0.497 e. The summed E-state index contributed by atoms with van der Waals surface area (Å²) < 4.78 is 19.7. The molecule has 3 atom stereocenters. The number of piperidine rings is 1. The highest BCUT2D eigenvalue weighted by atomic mass is 35.5. The molecule has 0 saturated carbocycles. The maximum absolute atomic E-state index is 14.5. The van der Waals surface area contributed by atoms with Crippen LogP contribution in [0.4, 0.5) is 4.39 Å². The van der Waals surface area contributed by atoms with Crippen molar-refractivity contribution in [2.45, 2.75) is 31.8 Å². The molecule has 2 heterocycles. The van der Waals surface area contributed by atoms with Crippen LogP contribution < -0.4 is 10.1 Å². The van der Waals surface area contributed by atoms with Gasteiger partial charge in [-0.05, 0) is 62.4 Å². The van der Waals surface area contributed by atoms with Gasteiger partial charge in [-0.3, -0.25) is 9.78 Å². The van der Waals surface area contributed by atoms with E-state index >= 15 is 0 Å². The predicted octanol–water partition coefficient (Wildman–Crippen LogP) is 3.74. The van der Waals surface area contributed by atoms with Crippen molar-refractivity contribution < 1.29 is 24.1 Å². The molecule has 3 rings (SSSR count). The predicted molar refractivity (Wildman–Crippen MR) is 114 cm³/mol. The molecule has 1 saturated heterocycles. The van der Waals surface area contributed by atoms with Crippen molar-refractivity contribution in [1.82, 2.24) is 10.3 Å². The maximum atomic E-state index is 14.5. The van der Waals surface area contributed by atoms with Gasteiger partial charge in [0.2, 0.25) is 0 Å². The molecule has 0 amide bonds. The van der Waals surface area contributed by atoms with E-state index in [0.29, 0.717) is 36.0 Å². The second kappa shape index (κ2) is 11.5. The van der Waals surface area contributed by atoms with E-state index in [9.17, 15) is 14.3 Å². The standard InChI is InChI=1S/C20H25FN2O4.2ClH/c1-27-14-3-4-17-15(9-14)20(16(21)11-23-17)18(24)5-2-12-6-7-22-10-13(12)8-19(25)26;;/h3-4,9,11-13,18,22,24H,2,5-8,10H2,1H3,(H,25,26);2*1H/t12?,13?,18-;;/m1../s1. The number of aliphatic hydroxyl groups excluding tert-OH is 1. The molecule has 9 heteroatoms. The average Bonchev–Trinajstić information content (AvgIpc) is 2.66. The van der Waals surface area contributed by atoms with E-state index in [1.54, 1.807) is 18.2 Å². The van der Waals surface area contributed by atoms with E-state index in [-0.39, 0.29) is 48.6 Å². The minimum absolute atomic E-state index is 0. The van der Waals surface area contributed by atoms with Gasteiger partial charge in [-0.1, -0.05) is 0 Å². The zero-order valence-electron chi connectivity index (χ0n) is 16.1. The SMILES string of the molecule is COc1ccc2ncc(F)c([C@H](O)CCC3CCNCC3CC(=O)O)c2c1.Cl.Cl. The lowest BCUT2D eigenvalue weighted by atomic mass is 9.80. The fourth-order valence-corrected chi connectivity index (χ4v) is 3.97. The topological polar surface area (TPSA) is 91.7 Å². The van der Waals surface area contributed by atoms with Crippen LogP contribution in [0.3, 0.4) is 0 Å². The van der Waals surface area contributed by atoms with Crippen molar-refractivity contribution in [1.29, 1.82) is 0 Å². The number of halogens is 3. The van der Waals surface area contributed by atoms with Gasteiger partial charge < -0.3 is 20.3 Å². The highest BCUT2D eigenvalue weighted by molar-refractivity contribution is 5.86. The van der Waals surface area contributed by atoms with Gasteiger partial charge in [0.1, 0.15) is 11.6 Å². The Kier molecular flexibility index (Phi) is 10.1. The first kappa shape index (κ1) is 25.4. The Morgan fingerprint density at radius 3 is 2.83 bits per heavy atom. The number of nitrogens with one attached hydrogen (secondary N) is 1. The molecule has 2 unspecified atom stereocenters. The Balaban J connectivity index is 0.00000210. The number of nitrogens with zero attached hydrogens (tertiary/aromatic N) is 1. The van der Waals surface area contributed by atoms with Gasteiger partial charge >= 0.3 is 5.97 Å². The van der Waals surface area contributed by atoms with Crippen LogP contribution in [-0.4, -0.2) is 41.4 Å². The Bertz CT molecular complexity index is 824. The number of methoxy groups -OCH3 is 1. The molecule has 3 N–H and O–H groups in total. The molecular weight excluding hydrogens is 422 g/mol. The van der Waals surface area contributed by atoms with Crippen LogP contribution >= 0.6 is 24.8 Å². The first-order valence-electron chi connectivity index (χ1n) is 9.22. The molecule has 0 spiro atoms. The van der Waals surface area contributed by atoms with Crippen LogP contribution in [0.15, 0.2) is 24.4 Å². The van der Waals surface area contributed by atoms with Crippen molar-refractivity contribution in [3.63, 3.8) is 0 Å². The molecule has 0 aliphatic carbocycles. The Morgan fingerprint density at radius 1 is 1.38 bits per heavy atom. The normalized spacial score (nSPS) is 19.7. The number of pyridine rings is 1. The number of aromatic nitrogens is 1. The van der Waals surface area contributed by atoms with Gasteiger partial charge in [-0.2, -0.15) is 0 Å². The number of carbonyl (C=O) groups is 1. The number of carboxylic acids is 1. The number of aliphatic hydroxyl groups is 1. The van der Waals surface area contributed by atoms with Crippen molar-refractivity contribution in [3.05, 3.63) is 35.8 Å². The van der Waals surface area contributed by atoms with Crippen molar-refractivity contribution >= 4 is 41.7 Å². The molecule has 1 fully saturated rings. The van der Waals surface area contributed by atoms with Gasteiger partial charge in [0.25, 0.3) is 0 Å². The largest absolute Gasteiger partial charge is 0.497 e. The molecule has 6 nitrogen and oxygen atoms in total.